The maximum Gasteiger partial charge on any atom is 0.253 e. The average Bonchev–Trinajstić information content (AvgIpc) is 3.39. The van der Waals surface area contributed by atoms with Gasteiger partial charge in [0.1, 0.15) is 5.75 Å². The van der Waals surface area contributed by atoms with Gasteiger partial charge in [-0.25, -0.2) is 4.68 Å². The molecule has 5 rings (SSSR count). The van der Waals surface area contributed by atoms with Crippen LogP contribution in [0.2, 0.25) is 0 Å². The van der Waals surface area contributed by atoms with Crippen molar-refractivity contribution in [1.82, 2.24) is 19.9 Å². The minimum absolute atomic E-state index is 0.0445. The molecule has 166 valence electrons. The average molecular weight is 440 g/mol. The van der Waals surface area contributed by atoms with Crippen LogP contribution in [0.5, 0.6) is 5.75 Å². The summed E-state index contributed by atoms with van der Waals surface area (Å²) in [6, 6.07) is 25.6. The van der Waals surface area contributed by atoms with Gasteiger partial charge in [-0.2, -0.15) is 0 Å². The van der Waals surface area contributed by atoms with E-state index in [2.05, 4.69) is 21.3 Å². The van der Waals surface area contributed by atoms with Crippen LogP contribution in [-0.2, 0) is 0 Å². The van der Waals surface area contributed by atoms with Crippen molar-refractivity contribution in [1.29, 1.82) is 0 Å². The van der Waals surface area contributed by atoms with E-state index in [1.54, 1.807) is 18.0 Å². The molecule has 33 heavy (non-hydrogen) atoms. The number of hydrogen-bond donors (Lipinski definition) is 0. The van der Waals surface area contributed by atoms with Crippen molar-refractivity contribution >= 4 is 11.6 Å². The molecule has 0 unspecified atom stereocenters. The van der Waals surface area contributed by atoms with Gasteiger partial charge < -0.3 is 14.5 Å². The lowest BCUT2D eigenvalue weighted by molar-refractivity contribution is 0.0746. The van der Waals surface area contributed by atoms with E-state index in [4.69, 9.17) is 4.74 Å². The highest BCUT2D eigenvalue weighted by molar-refractivity contribution is 5.94. The molecule has 0 saturated carbocycles. The van der Waals surface area contributed by atoms with Gasteiger partial charge in [0, 0.05) is 37.3 Å². The Hall–Kier alpha value is -4.13. The maximum absolute atomic E-state index is 13.1. The molecule has 1 amide bonds. The second-order valence-electron chi connectivity index (χ2n) is 7.90. The molecule has 1 aliphatic heterocycles. The van der Waals surface area contributed by atoms with E-state index in [1.165, 1.54) is 0 Å². The largest absolute Gasteiger partial charge is 0.495 e. The van der Waals surface area contributed by atoms with Crippen molar-refractivity contribution < 1.29 is 9.53 Å². The summed E-state index contributed by atoms with van der Waals surface area (Å²) in [6.45, 7) is 2.87. The Morgan fingerprint density at radius 3 is 2.27 bits per heavy atom. The lowest BCUT2D eigenvalue weighted by Gasteiger charge is -2.36. The fourth-order valence-electron chi connectivity index (χ4n) is 4.20. The van der Waals surface area contributed by atoms with Gasteiger partial charge in [0.05, 0.1) is 30.4 Å². The van der Waals surface area contributed by atoms with Crippen molar-refractivity contribution in [2.24, 2.45) is 0 Å². The van der Waals surface area contributed by atoms with Crippen molar-refractivity contribution in [3.63, 3.8) is 0 Å². The van der Waals surface area contributed by atoms with E-state index in [0.29, 0.717) is 18.7 Å². The van der Waals surface area contributed by atoms with Gasteiger partial charge in [-0.1, -0.05) is 47.7 Å². The quantitative estimate of drug-likeness (QED) is 0.472. The number of aromatic nitrogens is 3. The molecule has 7 nitrogen and oxygen atoms in total. The molecule has 0 bridgehead atoms. The van der Waals surface area contributed by atoms with Crippen LogP contribution in [0.25, 0.3) is 16.9 Å². The first-order valence-corrected chi connectivity index (χ1v) is 11.0. The van der Waals surface area contributed by atoms with E-state index in [0.717, 1.165) is 41.5 Å². The molecule has 0 aliphatic carbocycles. The predicted molar refractivity (Wildman–Crippen MR) is 128 cm³/mol. The Morgan fingerprint density at radius 1 is 0.848 bits per heavy atom. The third kappa shape index (κ3) is 4.17. The summed E-state index contributed by atoms with van der Waals surface area (Å²) in [6.07, 6.45) is 1.75. The van der Waals surface area contributed by atoms with Crippen LogP contribution in [0.3, 0.4) is 0 Å². The first-order valence-electron chi connectivity index (χ1n) is 11.0. The molecule has 1 saturated heterocycles. The van der Waals surface area contributed by atoms with Gasteiger partial charge in [0.15, 0.2) is 0 Å². The van der Waals surface area contributed by atoms with Crippen LogP contribution in [0.1, 0.15) is 10.4 Å². The SMILES string of the molecule is COc1ccccc1N1CCN(C(=O)c2ccc(-n3nncc3-c3ccccc3)cc2)CC1. The van der Waals surface area contributed by atoms with Crippen molar-refractivity contribution in [3.05, 3.63) is 90.6 Å². The maximum atomic E-state index is 13.1. The molecule has 0 radical (unpaired) electrons. The zero-order chi connectivity index (χ0) is 22.6. The van der Waals surface area contributed by atoms with Crippen LogP contribution in [0.15, 0.2) is 85.1 Å². The highest BCUT2D eigenvalue weighted by Crippen LogP contribution is 2.28. The number of hydrogen-bond acceptors (Lipinski definition) is 5. The summed E-state index contributed by atoms with van der Waals surface area (Å²) >= 11 is 0. The van der Waals surface area contributed by atoms with Crippen LogP contribution in [0.4, 0.5) is 5.69 Å². The number of methoxy groups -OCH3 is 1. The molecule has 4 aromatic rings. The van der Waals surface area contributed by atoms with Crippen LogP contribution in [0, 0.1) is 0 Å². The third-order valence-corrected chi connectivity index (χ3v) is 5.97. The van der Waals surface area contributed by atoms with Gasteiger partial charge in [-0.3, -0.25) is 4.79 Å². The molecule has 7 heteroatoms. The van der Waals surface area contributed by atoms with Crippen LogP contribution in [-0.4, -0.2) is 59.1 Å². The number of piperazine rings is 1. The Bertz CT molecular complexity index is 1230. The standard InChI is InChI=1S/C26H25N5O2/c1-33-25-10-6-5-9-23(25)29-15-17-30(18-16-29)26(32)21-11-13-22(14-12-21)31-24(19-27-28-31)20-7-3-2-4-8-20/h2-14,19H,15-18H2,1H3. The monoisotopic (exact) mass is 439 g/mol. The lowest BCUT2D eigenvalue weighted by atomic mass is 10.1. The molecule has 1 fully saturated rings. The number of anilines is 1. The number of carbonyl (C=O) groups is 1. The summed E-state index contributed by atoms with van der Waals surface area (Å²) in [5.41, 5.74) is 4.55. The van der Waals surface area contributed by atoms with Crippen LogP contribution >= 0.6 is 0 Å². The van der Waals surface area contributed by atoms with E-state index in [-0.39, 0.29) is 5.91 Å². The van der Waals surface area contributed by atoms with Crippen LogP contribution < -0.4 is 9.64 Å². The molecule has 0 N–H and O–H groups in total. The van der Waals surface area contributed by atoms with E-state index in [9.17, 15) is 4.79 Å². The molecular formula is C26H25N5O2. The highest BCUT2D eigenvalue weighted by Gasteiger charge is 2.23. The zero-order valence-electron chi connectivity index (χ0n) is 18.5. The van der Waals surface area contributed by atoms with E-state index < -0.39 is 0 Å². The predicted octanol–water partition coefficient (Wildman–Crippen LogP) is 3.91. The first kappa shape index (κ1) is 20.8. The second kappa shape index (κ2) is 9.16. The van der Waals surface area contributed by atoms with Gasteiger partial charge >= 0.3 is 0 Å². The van der Waals surface area contributed by atoms with Crippen molar-refractivity contribution in [3.8, 4) is 22.7 Å². The smallest absolute Gasteiger partial charge is 0.253 e. The van der Waals surface area contributed by atoms with Gasteiger partial charge in [-0.15, -0.1) is 5.10 Å². The Kier molecular flexibility index (Phi) is 5.76. The number of benzene rings is 3. The van der Waals surface area contributed by atoms with Crippen molar-refractivity contribution in [2.75, 3.05) is 38.2 Å². The summed E-state index contributed by atoms with van der Waals surface area (Å²) < 4.78 is 7.27. The molecule has 2 heterocycles. The number of para-hydroxylation sites is 2. The fraction of sp³-hybridized carbons (Fsp3) is 0.192. The number of ether oxygens (including phenoxy) is 1. The number of nitrogens with zero attached hydrogens (tertiary/aromatic N) is 5. The Balaban J connectivity index is 1.27. The normalized spacial score (nSPS) is 13.7. The topological polar surface area (TPSA) is 63.5 Å². The van der Waals surface area contributed by atoms with E-state index >= 15 is 0 Å². The van der Waals surface area contributed by atoms with Gasteiger partial charge in [0.2, 0.25) is 0 Å². The summed E-state index contributed by atoms with van der Waals surface area (Å²) in [5, 5.41) is 8.31. The summed E-state index contributed by atoms with van der Waals surface area (Å²) in [7, 11) is 1.68. The first-order chi connectivity index (χ1) is 16.2. The third-order valence-electron chi connectivity index (χ3n) is 5.97. The molecule has 1 aromatic heterocycles. The van der Waals surface area contributed by atoms with Gasteiger partial charge in [0.25, 0.3) is 5.91 Å². The molecule has 0 spiro atoms. The van der Waals surface area contributed by atoms with Gasteiger partial charge in [-0.05, 0) is 36.4 Å². The van der Waals surface area contributed by atoms with E-state index in [1.807, 2.05) is 77.7 Å². The zero-order valence-corrected chi connectivity index (χ0v) is 18.5. The number of amides is 1. The molecule has 1 aliphatic rings. The highest BCUT2D eigenvalue weighted by atomic mass is 16.5. The van der Waals surface area contributed by atoms with Crippen molar-refractivity contribution in [2.45, 2.75) is 0 Å². The fourth-order valence-corrected chi connectivity index (χ4v) is 4.20. The molecule has 0 atom stereocenters. The second-order valence-corrected chi connectivity index (χ2v) is 7.90. The lowest BCUT2D eigenvalue weighted by Crippen LogP contribution is -2.48. The Labute approximate surface area is 192 Å². The molecular weight excluding hydrogens is 414 g/mol. The summed E-state index contributed by atoms with van der Waals surface area (Å²) in [4.78, 5) is 17.3. The number of rotatable bonds is 5. The minimum atomic E-state index is 0.0445. The molecule has 3 aromatic carbocycles. The minimum Gasteiger partial charge on any atom is -0.495 e. The Morgan fingerprint density at radius 2 is 1.55 bits per heavy atom. The number of carbonyl (C=O) groups excluding carboxylic acids is 1. The summed E-state index contributed by atoms with van der Waals surface area (Å²) in [5.74, 6) is 0.902.